The van der Waals surface area contributed by atoms with Crippen LogP contribution in [0.15, 0.2) is 12.1 Å². The van der Waals surface area contributed by atoms with Crippen molar-refractivity contribution in [3.63, 3.8) is 0 Å². The molecule has 0 spiro atoms. The normalized spacial score (nSPS) is 20.7. The number of aryl methyl sites for hydroxylation is 1. The zero-order valence-corrected chi connectivity index (χ0v) is 12.2. The fourth-order valence-electron chi connectivity index (χ4n) is 2.26. The van der Waals surface area contributed by atoms with Gasteiger partial charge in [-0.15, -0.1) is 11.3 Å². The molecular formula is C14H20N2O2S. The van der Waals surface area contributed by atoms with Crippen molar-refractivity contribution in [1.29, 1.82) is 0 Å². The van der Waals surface area contributed by atoms with Crippen molar-refractivity contribution < 1.29 is 9.59 Å². The van der Waals surface area contributed by atoms with Gasteiger partial charge in [0.25, 0.3) is 0 Å². The number of piperidine rings is 1. The Morgan fingerprint density at radius 2 is 2.37 bits per heavy atom. The number of hydrogen-bond donors (Lipinski definition) is 2. The van der Waals surface area contributed by atoms with Crippen molar-refractivity contribution in [3.8, 4) is 0 Å². The molecule has 2 N–H and O–H groups in total. The number of carbonyl (C=O) groups is 2. The van der Waals surface area contributed by atoms with Gasteiger partial charge < -0.3 is 10.6 Å². The second kappa shape index (κ2) is 6.19. The maximum atomic E-state index is 12.1. The lowest BCUT2D eigenvalue weighted by Gasteiger charge is -2.23. The minimum Gasteiger partial charge on any atom is -0.355 e. The Bertz CT molecular complexity index is 460. The second-order valence-corrected chi connectivity index (χ2v) is 6.54. The molecule has 2 heterocycles. The summed E-state index contributed by atoms with van der Waals surface area (Å²) < 4.78 is 0. The van der Waals surface area contributed by atoms with Gasteiger partial charge in [0.05, 0.1) is 5.92 Å². The summed E-state index contributed by atoms with van der Waals surface area (Å²) in [4.78, 5) is 25.7. The maximum absolute atomic E-state index is 12.1. The Morgan fingerprint density at radius 1 is 1.58 bits per heavy atom. The molecule has 19 heavy (non-hydrogen) atoms. The first-order valence-electron chi connectivity index (χ1n) is 6.67. The van der Waals surface area contributed by atoms with Crippen LogP contribution in [0, 0.1) is 12.8 Å². The van der Waals surface area contributed by atoms with Gasteiger partial charge in [-0.25, -0.2) is 0 Å². The molecule has 1 fully saturated rings. The number of rotatable bonds is 4. The second-order valence-electron chi connectivity index (χ2n) is 5.17. The Labute approximate surface area is 117 Å². The highest BCUT2D eigenvalue weighted by molar-refractivity contribution is 7.11. The van der Waals surface area contributed by atoms with Crippen LogP contribution in [0.5, 0.6) is 0 Å². The van der Waals surface area contributed by atoms with Crippen LogP contribution in [-0.4, -0.2) is 24.4 Å². The molecule has 1 aliphatic rings. The van der Waals surface area contributed by atoms with Crippen LogP contribution < -0.4 is 10.6 Å². The molecule has 0 aromatic carbocycles. The number of carbonyl (C=O) groups excluding carboxylic acids is 2. The van der Waals surface area contributed by atoms with Crippen molar-refractivity contribution in [2.45, 2.75) is 39.2 Å². The summed E-state index contributed by atoms with van der Waals surface area (Å²) in [5.41, 5.74) is 0. The molecule has 4 nitrogen and oxygen atoms in total. The first-order chi connectivity index (χ1) is 9.04. The highest BCUT2D eigenvalue weighted by Crippen LogP contribution is 2.17. The van der Waals surface area contributed by atoms with Crippen molar-refractivity contribution >= 4 is 23.2 Å². The molecule has 0 saturated carbocycles. The smallest absolute Gasteiger partial charge is 0.225 e. The lowest BCUT2D eigenvalue weighted by Crippen LogP contribution is -2.45. The predicted octanol–water partition coefficient (Wildman–Crippen LogP) is 1.63. The van der Waals surface area contributed by atoms with E-state index in [-0.39, 0.29) is 23.8 Å². The largest absolute Gasteiger partial charge is 0.355 e. The third-order valence-electron chi connectivity index (χ3n) is 3.33. The Morgan fingerprint density at radius 3 is 2.95 bits per heavy atom. The third kappa shape index (κ3) is 4.06. The van der Waals surface area contributed by atoms with Crippen LogP contribution in [0.25, 0.3) is 0 Å². The van der Waals surface area contributed by atoms with Crippen molar-refractivity contribution in [3.05, 3.63) is 21.9 Å². The van der Waals surface area contributed by atoms with Gasteiger partial charge in [0.2, 0.25) is 11.8 Å². The minimum absolute atomic E-state index is 0.0474. The van der Waals surface area contributed by atoms with Gasteiger partial charge in [-0.3, -0.25) is 9.59 Å². The molecule has 1 aromatic heterocycles. The number of hydrogen-bond acceptors (Lipinski definition) is 3. The van der Waals surface area contributed by atoms with E-state index >= 15 is 0 Å². The average Bonchev–Trinajstić information content (AvgIpc) is 2.75. The van der Waals surface area contributed by atoms with E-state index in [0.717, 1.165) is 6.42 Å². The zero-order valence-electron chi connectivity index (χ0n) is 11.4. The van der Waals surface area contributed by atoms with Crippen molar-refractivity contribution in [2.24, 2.45) is 5.92 Å². The molecule has 2 amide bonds. The molecule has 1 aliphatic heterocycles. The van der Waals surface area contributed by atoms with Gasteiger partial charge >= 0.3 is 0 Å². The van der Waals surface area contributed by atoms with Gasteiger partial charge in [-0.1, -0.05) is 0 Å². The first kappa shape index (κ1) is 14.1. The van der Waals surface area contributed by atoms with Gasteiger partial charge in [-0.2, -0.15) is 0 Å². The van der Waals surface area contributed by atoms with E-state index < -0.39 is 0 Å². The van der Waals surface area contributed by atoms with E-state index in [1.807, 2.05) is 6.92 Å². The number of thiophene rings is 1. The first-order valence-corrected chi connectivity index (χ1v) is 7.48. The molecule has 2 atom stereocenters. The fraction of sp³-hybridized carbons (Fsp3) is 0.571. The minimum atomic E-state index is -0.0785. The molecule has 0 radical (unpaired) electrons. The van der Waals surface area contributed by atoms with E-state index in [4.69, 9.17) is 0 Å². The molecule has 0 bridgehead atoms. The maximum Gasteiger partial charge on any atom is 0.225 e. The van der Waals surface area contributed by atoms with E-state index in [1.165, 1.54) is 9.75 Å². The topological polar surface area (TPSA) is 58.2 Å². The van der Waals surface area contributed by atoms with E-state index in [9.17, 15) is 9.59 Å². The number of nitrogens with one attached hydrogen (secondary N) is 2. The molecule has 0 aliphatic carbocycles. The Hall–Kier alpha value is -1.36. The van der Waals surface area contributed by atoms with Crippen molar-refractivity contribution in [2.75, 3.05) is 6.54 Å². The molecular weight excluding hydrogens is 260 g/mol. The molecule has 104 valence electrons. The molecule has 1 aromatic rings. The Balaban J connectivity index is 1.80. The monoisotopic (exact) mass is 280 g/mol. The van der Waals surface area contributed by atoms with Gasteiger partial charge in [0.15, 0.2) is 0 Å². The quantitative estimate of drug-likeness (QED) is 0.880. The standard InChI is InChI=1S/C14H20N2O2S/c1-9(7-12-5-3-10(2)19-12)16-14(18)11-4-6-13(17)15-8-11/h3,5,9,11H,4,6-8H2,1-2H3,(H,15,17)(H,16,18). The summed E-state index contributed by atoms with van der Waals surface area (Å²) in [5, 5.41) is 5.78. The summed E-state index contributed by atoms with van der Waals surface area (Å²) in [6.45, 7) is 4.58. The Kier molecular flexibility index (Phi) is 4.58. The van der Waals surface area contributed by atoms with E-state index in [0.29, 0.717) is 19.4 Å². The van der Waals surface area contributed by atoms with Crippen LogP contribution >= 0.6 is 11.3 Å². The fourth-order valence-corrected chi connectivity index (χ4v) is 3.28. The zero-order chi connectivity index (χ0) is 13.8. The van der Waals surface area contributed by atoms with Gasteiger partial charge in [0, 0.05) is 35.2 Å². The lowest BCUT2D eigenvalue weighted by atomic mass is 9.98. The van der Waals surface area contributed by atoms with Crippen LogP contribution in [-0.2, 0) is 16.0 Å². The van der Waals surface area contributed by atoms with Crippen LogP contribution in [0.2, 0.25) is 0 Å². The molecule has 2 rings (SSSR count). The van der Waals surface area contributed by atoms with Crippen molar-refractivity contribution in [1.82, 2.24) is 10.6 Å². The highest BCUT2D eigenvalue weighted by Gasteiger charge is 2.25. The summed E-state index contributed by atoms with van der Waals surface area (Å²) in [5.74, 6) is 0.0251. The molecule has 5 heteroatoms. The summed E-state index contributed by atoms with van der Waals surface area (Å²) in [7, 11) is 0. The SMILES string of the molecule is Cc1ccc(CC(C)NC(=O)C2CCC(=O)NC2)s1. The molecule has 1 saturated heterocycles. The lowest BCUT2D eigenvalue weighted by molar-refractivity contribution is -0.129. The van der Waals surface area contributed by atoms with Crippen LogP contribution in [0.1, 0.15) is 29.5 Å². The van der Waals surface area contributed by atoms with Gasteiger partial charge in [-0.05, 0) is 32.4 Å². The summed E-state index contributed by atoms with van der Waals surface area (Å²) in [6.07, 6.45) is 1.97. The van der Waals surface area contributed by atoms with Crippen LogP contribution in [0.3, 0.4) is 0 Å². The average molecular weight is 280 g/mol. The number of amides is 2. The van der Waals surface area contributed by atoms with E-state index in [1.54, 1.807) is 11.3 Å². The highest BCUT2D eigenvalue weighted by atomic mass is 32.1. The van der Waals surface area contributed by atoms with Gasteiger partial charge in [0.1, 0.15) is 0 Å². The molecule has 2 unspecified atom stereocenters. The van der Waals surface area contributed by atoms with Crippen LogP contribution in [0.4, 0.5) is 0 Å². The third-order valence-corrected chi connectivity index (χ3v) is 4.35. The van der Waals surface area contributed by atoms with E-state index in [2.05, 4.69) is 29.7 Å². The summed E-state index contributed by atoms with van der Waals surface area (Å²) in [6, 6.07) is 4.34. The summed E-state index contributed by atoms with van der Waals surface area (Å²) >= 11 is 1.77. The predicted molar refractivity (Wildman–Crippen MR) is 76.1 cm³/mol.